The lowest BCUT2D eigenvalue weighted by atomic mass is 9.64. The molecule has 2 rings (SSSR count). The molecule has 2 aliphatic carbocycles. The number of carbonyl (C=O) groups is 2. The molecule has 22 heavy (non-hydrogen) atoms. The summed E-state index contributed by atoms with van der Waals surface area (Å²) in [4.78, 5) is 24.2. The maximum atomic E-state index is 12.3. The van der Waals surface area contributed by atoms with E-state index < -0.39 is 12.1 Å². The van der Waals surface area contributed by atoms with Crippen LogP contribution in [0.1, 0.15) is 59.3 Å². The van der Waals surface area contributed by atoms with Gasteiger partial charge in [-0.1, -0.05) is 20.3 Å². The van der Waals surface area contributed by atoms with E-state index in [4.69, 9.17) is 0 Å². The number of hydrogen-bond donors (Lipinski definition) is 3. The summed E-state index contributed by atoms with van der Waals surface area (Å²) in [6.45, 7) is 6.60. The lowest BCUT2D eigenvalue weighted by Gasteiger charge is -2.43. The molecule has 0 aromatic rings. The third-order valence-corrected chi connectivity index (χ3v) is 4.90. The Hall–Kier alpha value is -1.10. The van der Waals surface area contributed by atoms with Crippen molar-refractivity contribution in [2.45, 2.75) is 71.4 Å². The predicted octanol–water partition coefficient (Wildman–Crippen LogP) is 1.59. The lowest BCUT2D eigenvalue weighted by molar-refractivity contribution is -0.132. The van der Waals surface area contributed by atoms with Crippen molar-refractivity contribution < 1.29 is 14.7 Å². The topological polar surface area (TPSA) is 78.4 Å². The van der Waals surface area contributed by atoms with Gasteiger partial charge in [-0.25, -0.2) is 0 Å². The van der Waals surface area contributed by atoms with E-state index in [0.29, 0.717) is 12.5 Å². The molecule has 0 heterocycles. The standard InChI is InChI=1S/C17H30N2O3/c1-11(2)9-17(7-4-8-17)10-18-16(22)14(12(3)20)19-15(21)13-5-6-13/h11-14,20H,4-10H2,1-3H3,(H,18,22)(H,19,21). The van der Waals surface area contributed by atoms with Gasteiger partial charge in [-0.15, -0.1) is 0 Å². The van der Waals surface area contributed by atoms with Crippen LogP contribution in [-0.4, -0.2) is 35.6 Å². The molecule has 5 nitrogen and oxygen atoms in total. The highest BCUT2D eigenvalue weighted by Gasteiger charge is 2.39. The highest BCUT2D eigenvalue weighted by Crippen LogP contribution is 2.45. The Kier molecular flexibility index (Phi) is 5.48. The van der Waals surface area contributed by atoms with E-state index in [2.05, 4.69) is 24.5 Å². The molecule has 0 radical (unpaired) electrons. The van der Waals surface area contributed by atoms with Crippen LogP contribution in [-0.2, 0) is 9.59 Å². The molecule has 0 saturated heterocycles. The molecule has 2 aliphatic rings. The van der Waals surface area contributed by atoms with Crippen molar-refractivity contribution in [3.8, 4) is 0 Å². The molecule has 0 aliphatic heterocycles. The summed E-state index contributed by atoms with van der Waals surface area (Å²) in [5, 5.41) is 15.5. The van der Waals surface area contributed by atoms with Crippen molar-refractivity contribution in [3.05, 3.63) is 0 Å². The van der Waals surface area contributed by atoms with Gasteiger partial charge in [0.15, 0.2) is 0 Å². The van der Waals surface area contributed by atoms with Crippen molar-refractivity contribution in [1.82, 2.24) is 10.6 Å². The number of rotatable bonds is 8. The van der Waals surface area contributed by atoms with E-state index in [-0.39, 0.29) is 23.1 Å². The summed E-state index contributed by atoms with van der Waals surface area (Å²) in [6.07, 6.45) is 5.53. The number of aliphatic hydroxyl groups excluding tert-OH is 1. The van der Waals surface area contributed by atoms with Gasteiger partial charge in [-0.05, 0) is 50.4 Å². The fourth-order valence-electron chi connectivity index (χ4n) is 3.40. The number of aliphatic hydroxyl groups is 1. The largest absolute Gasteiger partial charge is 0.391 e. The molecule has 0 aromatic heterocycles. The summed E-state index contributed by atoms with van der Waals surface area (Å²) in [5.74, 6) is 0.271. The summed E-state index contributed by atoms with van der Waals surface area (Å²) in [6, 6.07) is -0.843. The minimum Gasteiger partial charge on any atom is -0.391 e. The van der Waals surface area contributed by atoms with Crippen molar-refractivity contribution in [1.29, 1.82) is 0 Å². The Balaban J connectivity index is 1.86. The molecule has 2 unspecified atom stereocenters. The third-order valence-electron chi connectivity index (χ3n) is 4.90. The summed E-state index contributed by atoms with van der Waals surface area (Å²) >= 11 is 0. The van der Waals surface area contributed by atoms with Gasteiger partial charge < -0.3 is 15.7 Å². The van der Waals surface area contributed by atoms with Crippen molar-refractivity contribution in [3.63, 3.8) is 0 Å². The zero-order valence-corrected chi connectivity index (χ0v) is 14.0. The second-order valence-corrected chi connectivity index (χ2v) is 7.67. The Morgan fingerprint density at radius 2 is 1.86 bits per heavy atom. The first kappa shape index (κ1) is 17.3. The average Bonchev–Trinajstić information content (AvgIpc) is 3.21. The molecule has 0 aromatic carbocycles. The van der Waals surface area contributed by atoms with Gasteiger partial charge in [0.25, 0.3) is 0 Å². The summed E-state index contributed by atoms with van der Waals surface area (Å²) in [5.41, 5.74) is 0.216. The molecule has 2 atom stereocenters. The summed E-state index contributed by atoms with van der Waals surface area (Å²) in [7, 11) is 0. The quantitative estimate of drug-likeness (QED) is 0.637. The monoisotopic (exact) mass is 310 g/mol. The number of nitrogens with one attached hydrogen (secondary N) is 2. The SMILES string of the molecule is CC(C)CC1(CNC(=O)C(NC(=O)C2CC2)C(C)O)CCC1. The van der Waals surface area contributed by atoms with E-state index in [1.165, 1.54) is 6.42 Å². The van der Waals surface area contributed by atoms with E-state index in [9.17, 15) is 14.7 Å². The van der Waals surface area contributed by atoms with Crippen LogP contribution in [0.25, 0.3) is 0 Å². The minimum absolute atomic E-state index is 0.0352. The van der Waals surface area contributed by atoms with Gasteiger partial charge in [0, 0.05) is 12.5 Å². The molecular formula is C17H30N2O3. The Morgan fingerprint density at radius 3 is 2.27 bits per heavy atom. The van der Waals surface area contributed by atoms with E-state index in [0.717, 1.165) is 32.1 Å². The molecule has 126 valence electrons. The van der Waals surface area contributed by atoms with Crippen LogP contribution >= 0.6 is 0 Å². The smallest absolute Gasteiger partial charge is 0.245 e. The zero-order valence-electron chi connectivity index (χ0n) is 14.0. The van der Waals surface area contributed by atoms with Crippen LogP contribution in [0.15, 0.2) is 0 Å². The molecule has 2 saturated carbocycles. The highest BCUT2D eigenvalue weighted by molar-refractivity contribution is 5.89. The van der Waals surface area contributed by atoms with Gasteiger partial charge in [0.2, 0.25) is 11.8 Å². The fourth-order valence-corrected chi connectivity index (χ4v) is 3.40. The molecule has 3 N–H and O–H groups in total. The van der Waals surface area contributed by atoms with Gasteiger partial charge in [0.1, 0.15) is 6.04 Å². The van der Waals surface area contributed by atoms with Crippen LogP contribution in [0, 0.1) is 17.3 Å². The maximum absolute atomic E-state index is 12.3. The first-order chi connectivity index (χ1) is 10.3. The van der Waals surface area contributed by atoms with Gasteiger partial charge >= 0.3 is 0 Å². The van der Waals surface area contributed by atoms with E-state index >= 15 is 0 Å². The van der Waals surface area contributed by atoms with Crippen LogP contribution < -0.4 is 10.6 Å². The first-order valence-electron chi connectivity index (χ1n) is 8.59. The van der Waals surface area contributed by atoms with Crippen molar-refractivity contribution in [2.24, 2.45) is 17.3 Å². The number of carbonyl (C=O) groups excluding carboxylic acids is 2. The van der Waals surface area contributed by atoms with Crippen LogP contribution in [0.2, 0.25) is 0 Å². The fraction of sp³-hybridized carbons (Fsp3) is 0.882. The third kappa shape index (κ3) is 4.45. The minimum atomic E-state index is -0.884. The molecular weight excluding hydrogens is 280 g/mol. The molecule has 2 amide bonds. The lowest BCUT2D eigenvalue weighted by Crippen LogP contribution is -2.55. The summed E-state index contributed by atoms with van der Waals surface area (Å²) < 4.78 is 0. The zero-order chi connectivity index (χ0) is 16.3. The number of hydrogen-bond acceptors (Lipinski definition) is 3. The molecule has 0 spiro atoms. The molecule has 5 heteroatoms. The Labute approximate surface area is 133 Å². The highest BCUT2D eigenvalue weighted by atomic mass is 16.3. The van der Waals surface area contributed by atoms with Gasteiger partial charge in [-0.3, -0.25) is 9.59 Å². The normalized spacial score (nSPS) is 22.6. The first-order valence-corrected chi connectivity index (χ1v) is 8.59. The van der Waals surface area contributed by atoms with E-state index in [1.54, 1.807) is 6.92 Å². The van der Waals surface area contributed by atoms with Crippen molar-refractivity contribution >= 4 is 11.8 Å². The van der Waals surface area contributed by atoms with Crippen LogP contribution in [0.5, 0.6) is 0 Å². The Morgan fingerprint density at radius 1 is 1.23 bits per heavy atom. The second-order valence-electron chi connectivity index (χ2n) is 7.67. The predicted molar refractivity (Wildman–Crippen MR) is 85.1 cm³/mol. The van der Waals surface area contributed by atoms with Crippen LogP contribution in [0.4, 0.5) is 0 Å². The maximum Gasteiger partial charge on any atom is 0.245 e. The van der Waals surface area contributed by atoms with Crippen LogP contribution in [0.3, 0.4) is 0 Å². The Bertz CT molecular complexity index is 412. The second kappa shape index (κ2) is 6.99. The molecule has 0 bridgehead atoms. The van der Waals surface area contributed by atoms with Gasteiger partial charge in [-0.2, -0.15) is 0 Å². The number of amides is 2. The molecule has 2 fully saturated rings. The van der Waals surface area contributed by atoms with Crippen molar-refractivity contribution in [2.75, 3.05) is 6.54 Å². The average molecular weight is 310 g/mol. The van der Waals surface area contributed by atoms with Gasteiger partial charge in [0.05, 0.1) is 6.10 Å². The van der Waals surface area contributed by atoms with E-state index in [1.807, 2.05) is 0 Å².